The van der Waals surface area contributed by atoms with Crippen molar-refractivity contribution in [3.8, 4) is 0 Å². The van der Waals surface area contributed by atoms with E-state index in [-0.39, 0.29) is 0 Å². The summed E-state index contributed by atoms with van der Waals surface area (Å²) in [4.78, 5) is 6.68. The summed E-state index contributed by atoms with van der Waals surface area (Å²) in [7, 11) is 0. The summed E-state index contributed by atoms with van der Waals surface area (Å²) >= 11 is 0. The zero-order chi connectivity index (χ0) is 16.5. The fourth-order valence-corrected chi connectivity index (χ4v) is 4.18. The van der Waals surface area contributed by atoms with Gasteiger partial charge in [0.2, 0.25) is 0 Å². The number of benzene rings is 1. The van der Waals surface area contributed by atoms with Gasteiger partial charge in [0.05, 0.1) is 6.54 Å². The van der Waals surface area contributed by atoms with Crippen LogP contribution in [0.3, 0.4) is 0 Å². The second-order valence-corrected chi connectivity index (χ2v) is 7.46. The fourth-order valence-electron chi connectivity index (χ4n) is 4.18. The highest BCUT2D eigenvalue weighted by Crippen LogP contribution is 2.24. The number of likely N-dealkylation sites (tertiary alicyclic amines) is 1. The lowest BCUT2D eigenvalue weighted by atomic mass is 9.99. The molecule has 2 saturated heterocycles. The van der Waals surface area contributed by atoms with Gasteiger partial charge in [0, 0.05) is 31.7 Å². The van der Waals surface area contributed by atoms with Crippen LogP contribution >= 0.6 is 0 Å². The Kier molecular flexibility index (Phi) is 4.37. The number of rotatable bonds is 4. The Labute approximate surface area is 144 Å². The Hall–Kier alpha value is -1.72. The van der Waals surface area contributed by atoms with E-state index >= 15 is 0 Å². The number of aromatic nitrogens is 3. The molecule has 0 aliphatic carbocycles. The first-order valence-electron chi connectivity index (χ1n) is 9.07. The van der Waals surface area contributed by atoms with E-state index in [1.54, 1.807) is 12.7 Å². The van der Waals surface area contributed by atoms with Crippen LogP contribution < -0.4 is 5.32 Å². The maximum atomic E-state index is 4.25. The van der Waals surface area contributed by atoms with Gasteiger partial charge in [0.25, 0.3) is 0 Å². The Balaban J connectivity index is 1.51. The predicted octanol–water partition coefficient (Wildman–Crippen LogP) is 2.27. The Morgan fingerprint density at radius 3 is 2.62 bits per heavy atom. The van der Waals surface area contributed by atoms with Gasteiger partial charge in [0.15, 0.2) is 0 Å². The quantitative estimate of drug-likeness (QED) is 0.937. The van der Waals surface area contributed by atoms with E-state index in [1.165, 1.54) is 54.6 Å². The van der Waals surface area contributed by atoms with Crippen LogP contribution in [0, 0.1) is 13.8 Å². The molecule has 0 radical (unpaired) electrons. The van der Waals surface area contributed by atoms with Crippen LogP contribution in [-0.2, 0) is 13.1 Å². The van der Waals surface area contributed by atoms with Crippen molar-refractivity contribution in [2.24, 2.45) is 0 Å². The van der Waals surface area contributed by atoms with Crippen LogP contribution in [0.4, 0.5) is 0 Å². The molecule has 5 nitrogen and oxygen atoms in total. The van der Waals surface area contributed by atoms with E-state index in [9.17, 15) is 0 Å². The van der Waals surface area contributed by atoms with Gasteiger partial charge in [-0.1, -0.05) is 12.1 Å². The second kappa shape index (κ2) is 6.65. The highest BCUT2D eigenvalue weighted by Gasteiger charge is 2.29. The summed E-state index contributed by atoms with van der Waals surface area (Å²) in [6.45, 7) is 8.68. The molecule has 0 amide bonds. The molecule has 1 aromatic heterocycles. The third-order valence-corrected chi connectivity index (χ3v) is 5.59. The lowest BCUT2D eigenvalue weighted by Crippen LogP contribution is -2.35. The molecule has 2 fully saturated rings. The molecule has 2 aromatic rings. The van der Waals surface area contributed by atoms with Crippen molar-refractivity contribution in [3.63, 3.8) is 0 Å². The van der Waals surface area contributed by atoms with Crippen molar-refractivity contribution in [2.45, 2.75) is 58.3 Å². The van der Waals surface area contributed by atoms with E-state index in [0.29, 0.717) is 6.04 Å². The number of nitrogens with one attached hydrogen (secondary N) is 1. The molecule has 2 atom stereocenters. The summed E-state index contributed by atoms with van der Waals surface area (Å²) < 4.78 is 1.90. The first-order valence-corrected chi connectivity index (χ1v) is 9.07. The zero-order valence-corrected chi connectivity index (χ0v) is 14.7. The minimum Gasteiger partial charge on any atom is -0.310 e. The first kappa shape index (κ1) is 15.8. The van der Waals surface area contributed by atoms with Gasteiger partial charge in [-0.05, 0) is 55.4 Å². The van der Waals surface area contributed by atoms with Crippen molar-refractivity contribution >= 4 is 0 Å². The lowest BCUT2D eigenvalue weighted by molar-refractivity contribution is 0.250. The molecule has 4 rings (SSSR count). The van der Waals surface area contributed by atoms with Crippen LogP contribution in [0.5, 0.6) is 0 Å². The van der Waals surface area contributed by atoms with Gasteiger partial charge in [-0.3, -0.25) is 4.90 Å². The number of nitrogens with zero attached hydrogens (tertiary/aromatic N) is 4. The van der Waals surface area contributed by atoms with Gasteiger partial charge >= 0.3 is 0 Å². The molecule has 24 heavy (non-hydrogen) atoms. The topological polar surface area (TPSA) is 46.0 Å². The van der Waals surface area contributed by atoms with Crippen LogP contribution in [-0.4, -0.2) is 44.8 Å². The van der Waals surface area contributed by atoms with Gasteiger partial charge in [-0.25, -0.2) is 9.67 Å². The van der Waals surface area contributed by atoms with E-state index < -0.39 is 0 Å². The van der Waals surface area contributed by atoms with Gasteiger partial charge < -0.3 is 5.32 Å². The van der Waals surface area contributed by atoms with E-state index in [2.05, 4.69) is 46.3 Å². The third kappa shape index (κ3) is 3.37. The molecular weight excluding hydrogens is 298 g/mol. The van der Waals surface area contributed by atoms with Crippen LogP contribution in [0.1, 0.15) is 41.5 Å². The highest BCUT2D eigenvalue weighted by molar-refractivity contribution is 5.37. The molecule has 5 heteroatoms. The molecule has 3 heterocycles. The van der Waals surface area contributed by atoms with Crippen molar-refractivity contribution < 1.29 is 0 Å². The first-order chi connectivity index (χ1) is 11.7. The summed E-state index contributed by atoms with van der Waals surface area (Å²) in [5, 5.41) is 8.02. The highest BCUT2D eigenvalue weighted by atomic mass is 15.3. The summed E-state index contributed by atoms with van der Waals surface area (Å²) in [6.07, 6.45) is 7.38. The van der Waals surface area contributed by atoms with Crippen molar-refractivity contribution in [3.05, 3.63) is 47.0 Å². The monoisotopic (exact) mass is 325 g/mol. The molecule has 2 bridgehead atoms. The number of hydrogen-bond donors (Lipinski definition) is 1. The van der Waals surface area contributed by atoms with Gasteiger partial charge in [-0.2, -0.15) is 5.10 Å². The van der Waals surface area contributed by atoms with Gasteiger partial charge in [-0.15, -0.1) is 0 Å². The molecule has 2 aliphatic rings. The average Bonchev–Trinajstić information content (AvgIpc) is 3.16. The summed E-state index contributed by atoms with van der Waals surface area (Å²) in [5.41, 5.74) is 5.53. The SMILES string of the molecule is Cc1cc(C)c(Cn2cncn2)cc1CN1CC[C@@H]2CC[C@H](C1)N2. The standard InChI is InChI=1S/C19H27N5/c1-14-7-15(2)17(10-24-13-20-12-21-24)8-16(14)9-23-6-5-18-3-4-19(11-23)22-18/h7-8,12-13,18-19,22H,3-6,9-11H2,1-2H3/t18-,19+/m0/s1. The maximum Gasteiger partial charge on any atom is 0.137 e. The minimum absolute atomic E-state index is 0.692. The maximum absolute atomic E-state index is 4.25. The molecular formula is C19H27N5. The third-order valence-electron chi connectivity index (χ3n) is 5.59. The molecule has 1 N–H and O–H groups in total. The Bertz CT molecular complexity index is 694. The van der Waals surface area contributed by atoms with Crippen LogP contribution in [0.25, 0.3) is 0 Å². The Morgan fingerprint density at radius 2 is 1.83 bits per heavy atom. The molecule has 0 spiro atoms. The van der Waals surface area contributed by atoms with E-state index in [0.717, 1.165) is 19.1 Å². The second-order valence-electron chi connectivity index (χ2n) is 7.46. The number of hydrogen-bond acceptors (Lipinski definition) is 4. The normalized spacial score (nSPS) is 24.2. The number of aryl methyl sites for hydroxylation is 2. The minimum atomic E-state index is 0.692. The van der Waals surface area contributed by atoms with E-state index in [4.69, 9.17) is 0 Å². The molecule has 2 aliphatic heterocycles. The largest absolute Gasteiger partial charge is 0.310 e. The number of fused-ring (bicyclic) bond motifs is 2. The van der Waals surface area contributed by atoms with Gasteiger partial charge in [0.1, 0.15) is 12.7 Å². The van der Waals surface area contributed by atoms with Crippen molar-refractivity contribution in [1.29, 1.82) is 0 Å². The predicted molar refractivity (Wildman–Crippen MR) is 94.9 cm³/mol. The lowest BCUT2D eigenvalue weighted by Gasteiger charge is -2.25. The van der Waals surface area contributed by atoms with Crippen LogP contribution in [0.15, 0.2) is 24.8 Å². The van der Waals surface area contributed by atoms with Crippen molar-refractivity contribution in [2.75, 3.05) is 13.1 Å². The smallest absolute Gasteiger partial charge is 0.137 e. The molecule has 0 unspecified atom stereocenters. The van der Waals surface area contributed by atoms with Crippen LogP contribution in [0.2, 0.25) is 0 Å². The Morgan fingerprint density at radius 1 is 1.04 bits per heavy atom. The molecule has 128 valence electrons. The summed E-state index contributed by atoms with van der Waals surface area (Å²) in [6, 6.07) is 6.15. The molecule has 1 aromatic carbocycles. The summed E-state index contributed by atoms with van der Waals surface area (Å²) in [5.74, 6) is 0. The van der Waals surface area contributed by atoms with Crippen molar-refractivity contribution in [1.82, 2.24) is 25.0 Å². The fraction of sp³-hybridized carbons (Fsp3) is 0.579. The average molecular weight is 325 g/mol. The molecule has 0 saturated carbocycles. The van der Waals surface area contributed by atoms with E-state index in [1.807, 2.05) is 4.68 Å². The zero-order valence-electron chi connectivity index (χ0n) is 14.7.